The molecule has 4 nitrogen and oxygen atoms in total. The molecule has 2 heterocycles. The number of fused-ring (bicyclic) bond motifs is 1. The summed E-state index contributed by atoms with van der Waals surface area (Å²) in [6.45, 7) is 4.15. The van der Waals surface area contributed by atoms with Crippen LogP contribution in [0.25, 0.3) is 28.0 Å². The molecular weight excluding hydrogens is 332 g/mol. The van der Waals surface area contributed by atoms with E-state index in [1.54, 1.807) is 0 Å². The third kappa shape index (κ3) is 2.79. The van der Waals surface area contributed by atoms with Gasteiger partial charge in [0.2, 0.25) is 0 Å². The second-order valence-corrected chi connectivity index (χ2v) is 6.40. The summed E-state index contributed by atoms with van der Waals surface area (Å²) in [6, 6.07) is 18.1. The first-order valence-corrected chi connectivity index (χ1v) is 8.62. The number of aryl methyl sites for hydroxylation is 2. The normalized spacial score (nSPS) is 11.2. The summed E-state index contributed by atoms with van der Waals surface area (Å²) in [4.78, 5) is 0. The second-order valence-electron chi connectivity index (χ2n) is 5.97. The summed E-state index contributed by atoms with van der Waals surface area (Å²) in [5.41, 5.74) is 6.02. The van der Waals surface area contributed by atoms with Crippen molar-refractivity contribution in [2.24, 2.45) is 0 Å². The number of hydrogen-bond donors (Lipinski definition) is 0. The van der Waals surface area contributed by atoms with Gasteiger partial charge in [0, 0.05) is 22.6 Å². The van der Waals surface area contributed by atoms with Crippen LogP contribution in [0.3, 0.4) is 0 Å². The average Bonchev–Trinajstić information content (AvgIpc) is 3.04. The lowest BCUT2D eigenvalue weighted by molar-refractivity contribution is 0.827. The third-order valence-electron chi connectivity index (χ3n) is 4.33. The van der Waals surface area contributed by atoms with Crippen LogP contribution in [0.2, 0.25) is 5.02 Å². The van der Waals surface area contributed by atoms with E-state index in [1.807, 2.05) is 47.0 Å². The Morgan fingerprint density at radius 2 is 1.72 bits per heavy atom. The highest BCUT2D eigenvalue weighted by molar-refractivity contribution is 6.30. The van der Waals surface area contributed by atoms with Crippen LogP contribution in [0.5, 0.6) is 0 Å². The van der Waals surface area contributed by atoms with E-state index in [1.165, 1.54) is 5.56 Å². The molecule has 4 rings (SSSR count). The Kier molecular flexibility index (Phi) is 3.98. The van der Waals surface area contributed by atoms with E-state index >= 15 is 0 Å². The van der Waals surface area contributed by atoms with Crippen molar-refractivity contribution in [1.29, 1.82) is 0 Å². The average molecular weight is 349 g/mol. The van der Waals surface area contributed by atoms with Gasteiger partial charge in [-0.3, -0.25) is 0 Å². The standard InChI is InChI=1S/C20H17ClN4/c1-3-18-22-23-19-12-17(14-8-10-15(21)11-9-14)20(24-25(18)19)16-7-5-4-6-13(16)2/h4-12H,3H2,1-2H3. The van der Waals surface area contributed by atoms with Gasteiger partial charge in [0.15, 0.2) is 11.5 Å². The highest BCUT2D eigenvalue weighted by Gasteiger charge is 2.16. The zero-order chi connectivity index (χ0) is 17.4. The van der Waals surface area contributed by atoms with Gasteiger partial charge in [0.05, 0.1) is 5.69 Å². The molecule has 2 aromatic carbocycles. The Balaban J connectivity index is 2.04. The van der Waals surface area contributed by atoms with Gasteiger partial charge in [0.1, 0.15) is 0 Å². The molecule has 0 atom stereocenters. The lowest BCUT2D eigenvalue weighted by Crippen LogP contribution is -2.02. The van der Waals surface area contributed by atoms with Gasteiger partial charge in [-0.15, -0.1) is 10.2 Å². The van der Waals surface area contributed by atoms with Crippen LogP contribution in [-0.2, 0) is 6.42 Å². The van der Waals surface area contributed by atoms with Crippen LogP contribution < -0.4 is 0 Å². The molecule has 0 unspecified atom stereocenters. The lowest BCUT2D eigenvalue weighted by atomic mass is 9.97. The third-order valence-corrected chi connectivity index (χ3v) is 4.58. The number of halogens is 1. The van der Waals surface area contributed by atoms with E-state index in [0.717, 1.165) is 40.3 Å². The summed E-state index contributed by atoms with van der Waals surface area (Å²) in [5, 5.41) is 14.1. The Morgan fingerprint density at radius 1 is 0.960 bits per heavy atom. The molecule has 0 radical (unpaired) electrons. The molecule has 0 fully saturated rings. The fourth-order valence-electron chi connectivity index (χ4n) is 2.98. The van der Waals surface area contributed by atoms with Crippen LogP contribution >= 0.6 is 11.6 Å². The Morgan fingerprint density at radius 3 is 2.44 bits per heavy atom. The zero-order valence-corrected chi connectivity index (χ0v) is 14.8. The Hall–Kier alpha value is -2.72. The first-order valence-electron chi connectivity index (χ1n) is 8.24. The molecule has 25 heavy (non-hydrogen) atoms. The minimum Gasteiger partial charge on any atom is -0.197 e. The van der Waals surface area contributed by atoms with Crippen molar-refractivity contribution in [2.75, 3.05) is 0 Å². The zero-order valence-electron chi connectivity index (χ0n) is 14.1. The van der Waals surface area contributed by atoms with Gasteiger partial charge in [0.25, 0.3) is 0 Å². The minimum atomic E-state index is 0.714. The van der Waals surface area contributed by atoms with E-state index < -0.39 is 0 Å². The molecule has 0 saturated heterocycles. The SMILES string of the molecule is CCc1nnc2cc(-c3ccc(Cl)cc3)c(-c3ccccc3C)nn12. The molecular formula is C20H17ClN4. The Labute approximate surface area is 151 Å². The van der Waals surface area contributed by atoms with Crippen LogP contribution in [0.1, 0.15) is 18.3 Å². The van der Waals surface area contributed by atoms with E-state index in [4.69, 9.17) is 16.7 Å². The monoisotopic (exact) mass is 348 g/mol. The first-order chi connectivity index (χ1) is 12.2. The fraction of sp³-hybridized carbons (Fsp3) is 0.150. The number of benzene rings is 2. The van der Waals surface area contributed by atoms with Gasteiger partial charge in [-0.1, -0.05) is 54.9 Å². The van der Waals surface area contributed by atoms with Gasteiger partial charge in [-0.05, 0) is 36.2 Å². The summed E-state index contributed by atoms with van der Waals surface area (Å²) in [6.07, 6.45) is 0.779. The summed E-state index contributed by atoms with van der Waals surface area (Å²) in [5.74, 6) is 0.854. The fourth-order valence-corrected chi connectivity index (χ4v) is 3.11. The molecule has 0 aliphatic rings. The molecule has 0 bridgehead atoms. The van der Waals surface area contributed by atoms with Crippen LogP contribution in [0.4, 0.5) is 0 Å². The van der Waals surface area contributed by atoms with Gasteiger partial charge >= 0.3 is 0 Å². The molecule has 0 amide bonds. The highest BCUT2D eigenvalue weighted by atomic mass is 35.5. The molecule has 0 aliphatic heterocycles. The molecule has 2 aromatic heterocycles. The molecule has 5 heteroatoms. The number of aromatic nitrogens is 4. The van der Waals surface area contributed by atoms with Gasteiger partial charge < -0.3 is 0 Å². The predicted molar refractivity (Wildman–Crippen MR) is 101 cm³/mol. The maximum Gasteiger partial charge on any atom is 0.178 e. The quantitative estimate of drug-likeness (QED) is 0.524. The highest BCUT2D eigenvalue weighted by Crippen LogP contribution is 2.33. The van der Waals surface area contributed by atoms with E-state index in [2.05, 4.69) is 36.2 Å². The number of hydrogen-bond acceptors (Lipinski definition) is 3. The van der Waals surface area contributed by atoms with E-state index in [-0.39, 0.29) is 0 Å². The smallest absolute Gasteiger partial charge is 0.178 e. The van der Waals surface area contributed by atoms with E-state index in [9.17, 15) is 0 Å². The predicted octanol–water partition coefficient (Wildman–Crippen LogP) is 4.98. The second kappa shape index (κ2) is 6.30. The molecule has 0 saturated carbocycles. The van der Waals surface area contributed by atoms with Crippen molar-refractivity contribution >= 4 is 17.2 Å². The van der Waals surface area contributed by atoms with Crippen LogP contribution in [-0.4, -0.2) is 19.8 Å². The number of rotatable bonds is 3. The van der Waals surface area contributed by atoms with Crippen molar-refractivity contribution < 1.29 is 0 Å². The molecule has 0 N–H and O–H groups in total. The van der Waals surface area contributed by atoms with Crippen molar-refractivity contribution in [3.05, 3.63) is 71.0 Å². The van der Waals surface area contributed by atoms with E-state index in [0.29, 0.717) is 5.02 Å². The van der Waals surface area contributed by atoms with Gasteiger partial charge in [-0.25, -0.2) is 0 Å². The molecule has 124 valence electrons. The van der Waals surface area contributed by atoms with Crippen molar-refractivity contribution in [2.45, 2.75) is 20.3 Å². The summed E-state index contributed by atoms with van der Waals surface area (Å²) < 4.78 is 1.83. The lowest BCUT2D eigenvalue weighted by Gasteiger charge is -2.12. The number of nitrogens with zero attached hydrogens (tertiary/aromatic N) is 4. The summed E-state index contributed by atoms with van der Waals surface area (Å²) >= 11 is 6.06. The van der Waals surface area contributed by atoms with Crippen molar-refractivity contribution in [1.82, 2.24) is 19.8 Å². The molecule has 0 spiro atoms. The van der Waals surface area contributed by atoms with Crippen LogP contribution in [0.15, 0.2) is 54.6 Å². The van der Waals surface area contributed by atoms with Crippen LogP contribution in [0, 0.1) is 6.92 Å². The first kappa shape index (κ1) is 15.8. The minimum absolute atomic E-state index is 0.714. The van der Waals surface area contributed by atoms with Crippen molar-refractivity contribution in [3.63, 3.8) is 0 Å². The largest absolute Gasteiger partial charge is 0.197 e. The maximum atomic E-state index is 6.06. The van der Waals surface area contributed by atoms with Gasteiger partial charge in [-0.2, -0.15) is 9.61 Å². The topological polar surface area (TPSA) is 43.1 Å². The maximum absolute atomic E-state index is 6.06. The Bertz CT molecular complexity index is 1050. The molecule has 4 aromatic rings. The summed E-state index contributed by atoms with van der Waals surface area (Å²) in [7, 11) is 0. The van der Waals surface area contributed by atoms with Crippen molar-refractivity contribution in [3.8, 4) is 22.4 Å². The molecule has 0 aliphatic carbocycles.